The maximum atomic E-state index is 12.4. The van der Waals surface area contributed by atoms with Gasteiger partial charge in [-0.2, -0.15) is 0 Å². The van der Waals surface area contributed by atoms with E-state index in [-0.39, 0.29) is 18.1 Å². The Bertz CT molecular complexity index is 742. The summed E-state index contributed by atoms with van der Waals surface area (Å²) in [6.45, 7) is 6.33. The lowest BCUT2D eigenvalue weighted by Gasteiger charge is -2.30. The second-order valence-corrected chi connectivity index (χ2v) is 5.80. The van der Waals surface area contributed by atoms with Crippen LogP contribution in [0.3, 0.4) is 0 Å². The van der Waals surface area contributed by atoms with Gasteiger partial charge in [-0.15, -0.1) is 0 Å². The van der Waals surface area contributed by atoms with Crippen LogP contribution in [0.4, 0.5) is 0 Å². The molecule has 3 rings (SSSR count). The molecule has 0 bridgehead atoms. The highest BCUT2D eigenvalue weighted by Gasteiger charge is 2.27. The second kappa shape index (κ2) is 7.75. The normalized spacial score (nSPS) is 16.6. The van der Waals surface area contributed by atoms with Crippen LogP contribution >= 0.6 is 0 Å². The largest absolute Gasteiger partial charge is 0.490 e. The first-order valence-electron chi connectivity index (χ1n) is 8.20. The highest BCUT2D eigenvalue weighted by molar-refractivity contribution is 5.94. The minimum atomic E-state index is -0.242. The number of hydrogen-bond acceptors (Lipinski definition) is 4. The molecule has 5 nitrogen and oxygen atoms in total. The van der Waals surface area contributed by atoms with Gasteiger partial charge in [0.25, 0.3) is 5.91 Å². The number of para-hydroxylation sites is 2. The quantitative estimate of drug-likeness (QED) is 0.821. The van der Waals surface area contributed by atoms with Crippen LogP contribution in [0, 0.1) is 0 Å². The first kappa shape index (κ1) is 16.9. The molecule has 0 spiro atoms. The third-order valence-electron chi connectivity index (χ3n) is 3.93. The zero-order valence-electron chi connectivity index (χ0n) is 14.1. The fourth-order valence-electron chi connectivity index (χ4n) is 2.52. The van der Waals surface area contributed by atoms with Crippen LogP contribution in [0.5, 0.6) is 17.2 Å². The molecule has 2 aromatic carbocycles. The van der Waals surface area contributed by atoms with Gasteiger partial charge < -0.3 is 19.5 Å². The number of rotatable bonds is 6. The van der Waals surface area contributed by atoms with Gasteiger partial charge in [-0.25, -0.2) is 0 Å². The van der Waals surface area contributed by atoms with E-state index in [2.05, 4.69) is 11.9 Å². The molecule has 0 radical (unpaired) electrons. The Kier molecular flexibility index (Phi) is 5.23. The number of ether oxygens (including phenoxy) is 3. The first-order valence-corrected chi connectivity index (χ1v) is 8.20. The van der Waals surface area contributed by atoms with Crippen LogP contribution in [-0.4, -0.2) is 31.3 Å². The molecule has 25 heavy (non-hydrogen) atoms. The highest BCUT2D eigenvalue weighted by atomic mass is 16.6. The Labute approximate surface area is 147 Å². The summed E-state index contributed by atoms with van der Waals surface area (Å²) in [5.74, 6) is 1.96. The summed E-state index contributed by atoms with van der Waals surface area (Å²) in [5.41, 5.74) is 0.565. The van der Waals surface area contributed by atoms with E-state index in [0.29, 0.717) is 30.3 Å². The monoisotopic (exact) mass is 339 g/mol. The van der Waals surface area contributed by atoms with Crippen LogP contribution in [0.1, 0.15) is 17.3 Å². The average molecular weight is 339 g/mol. The molecular weight excluding hydrogens is 318 g/mol. The predicted molar refractivity (Wildman–Crippen MR) is 95.4 cm³/mol. The van der Waals surface area contributed by atoms with Crippen LogP contribution < -0.4 is 19.5 Å². The van der Waals surface area contributed by atoms with Crippen molar-refractivity contribution in [2.45, 2.75) is 19.1 Å². The third kappa shape index (κ3) is 4.12. The lowest BCUT2D eigenvalue weighted by Crippen LogP contribution is -2.48. The van der Waals surface area contributed by atoms with Gasteiger partial charge in [0.05, 0.1) is 6.04 Å². The van der Waals surface area contributed by atoms with E-state index >= 15 is 0 Å². The van der Waals surface area contributed by atoms with Gasteiger partial charge >= 0.3 is 0 Å². The summed E-state index contributed by atoms with van der Waals surface area (Å²) in [7, 11) is 0. The molecule has 0 fully saturated rings. The van der Waals surface area contributed by atoms with Gasteiger partial charge in [0, 0.05) is 5.56 Å². The molecule has 2 atom stereocenters. The van der Waals surface area contributed by atoms with E-state index in [0.717, 1.165) is 5.75 Å². The van der Waals surface area contributed by atoms with E-state index in [1.165, 1.54) is 0 Å². The number of fused-ring (bicyclic) bond motifs is 1. The third-order valence-corrected chi connectivity index (χ3v) is 3.93. The fraction of sp³-hybridized carbons (Fsp3) is 0.250. The van der Waals surface area contributed by atoms with Crippen molar-refractivity contribution < 1.29 is 19.0 Å². The first-order chi connectivity index (χ1) is 12.2. The summed E-state index contributed by atoms with van der Waals surface area (Å²) < 4.78 is 17.0. The SMILES string of the molecule is C=CCOc1ccc(C(=O)N[C@@H](C)[C@H]2COc3ccccc3O2)cc1. The summed E-state index contributed by atoms with van der Waals surface area (Å²) in [4.78, 5) is 12.4. The molecule has 2 aromatic rings. The molecule has 1 amide bonds. The standard InChI is InChI=1S/C20H21NO4/c1-3-12-23-16-10-8-15(9-11-16)20(22)21-14(2)19-13-24-17-6-4-5-7-18(17)25-19/h3-11,14,19H,1,12-13H2,2H3,(H,21,22)/t14-,19+/m0/s1. The molecule has 0 saturated heterocycles. The highest BCUT2D eigenvalue weighted by Crippen LogP contribution is 2.31. The topological polar surface area (TPSA) is 56.8 Å². The number of nitrogens with one attached hydrogen (secondary N) is 1. The van der Waals surface area contributed by atoms with Crippen LogP contribution in [0.15, 0.2) is 61.2 Å². The minimum Gasteiger partial charge on any atom is -0.490 e. The average Bonchev–Trinajstić information content (AvgIpc) is 2.66. The molecule has 130 valence electrons. The molecule has 1 aliphatic heterocycles. The van der Waals surface area contributed by atoms with Crippen molar-refractivity contribution in [2.24, 2.45) is 0 Å². The number of benzene rings is 2. The lowest BCUT2D eigenvalue weighted by molar-refractivity contribution is 0.0606. The maximum Gasteiger partial charge on any atom is 0.251 e. The molecule has 0 saturated carbocycles. The minimum absolute atomic E-state index is 0.162. The summed E-state index contributed by atoms with van der Waals surface area (Å²) in [6, 6.07) is 14.3. The van der Waals surface area contributed by atoms with Crippen LogP contribution in [0.2, 0.25) is 0 Å². The Morgan fingerprint density at radius 2 is 2.00 bits per heavy atom. The summed E-state index contributed by atoms with van der Waals surface area (Å²) in [5, 5.41) is 2.96. The molecule has 1 N–H and O–H groups in total. The van der Waals surface area contributed by atoms with E-state index < -0.39 is 0 Å². The number of hydrogen-bond donors (Lipinski definition) is 1. The molecule has 0 aromatic heterocycles. The van der Waals surface area contributed by atoms with E-state index in [4.69, 9.17) is 14.2 Å². The smallest absolute Gasteiger partial charge is 0.251 e. The van der Waals surface area contributed by atoms with Gasteiger partial charge in [0.2, 0.25) is 0 Å². The number of carbonyl (C=O) groups is 1. The van der Waals surface area contributed by atoms with Crippen molar-refractivity contribution in [3.8, 4) is 17.2 Å². The van der Waals surface area contributed by atoms with E-state index in [1.807, 2.05) is 31.2 Å². The molecule has 1 aliphatic rings. The Morgan fingerprint density at radius 3 is 2.72 bits per heavy atom. The van der Waals surface area contributed by atoms with Crippen molar-refractivity contribution >= 4 is 5.91 Å². The van der Waals surface area contributed by atoms with Crippen molar-refractivity contribution in [3.05, 3.63) is 66.7 Å². The lowest BCUT2D eigenvalue weighted by atomic mass is 10.1. The van der Waals surface area contributed by atoms with Gasteiger partial charge in [-0.1, -0.05) is 24.8 Å². The Morgan fingerprint density at radius 1 is 1.28 bits per heavy atom. The second-order valence-electron chi connectivity index (χ2n) is 5.80. The van der Waals surface area contributed by atoms with Crippen LogP contribution in [0.25, 0.3) is 0 Å². The maximum absolute atomic E-state index is 12.4. The van der Waals surface area contributed by atoms with Gasteiger partial charge in [0.1, 0.15) is 19.0 Å². The molecule has 1 heterocycles. The molecule has 0 unspecified atom stereocenters. The zero-order chi connectivity index (χ0) is 17.6. The fourth-order valence-corrected chi connectivity index (χ4v) is 2.52. The molecular formula is C20H21NO4. The van der Waals surface area contributed by atoms with Crippen molar-refractivity contribution in [3.63, 3.8) is 0 Å². The van der Waals surface area contributed by atoms with Gasteiger partial charge in [0.15, 0.2) is 17.6 Å². The summed E-state index contributed by atoms with van der Waals surface area (Å²) >= 11 is 0. The molecule has 0 aliphatic carbocycles. The summed E-state index contributed by atoms with van der Waals surface area (Å²) in [6.07, 6.45) is 1.43. The van der Waals surface area contributed by atoms with Gasteiger partial charge in [-0.05, 0) is 43.3 Å². The van der Waals surface area contributed by atoms with Crippen molar-refractivity contribution in [2.75, 3.05) is 13.2 Å². The van der Waals surface area contributed by atoms with Crippen LogP contribution in [-0.2, 0) is 0 Å². The zero-order valence-corrected chi connectivity index (χ0v) is 14.1. The Hall–Kier alpha value is -2.95. The number of amides is 1. The molecule has 5 heteroatoms. The van der Waals surface area contributed by atoms with Crippen molar-refractivity contribution in [1.29, 1.82) is 0 Å². The number of carbonyl (C=O) groups excluding carboxylic acids is 1. The van der Waals surface area contributed by atoms with E-state index in [1.54, 1.807) is 30.3 Å². The Balaban J connectivity index is 1.58. The van der Waals surface area contributed by atoms with E-state index in [9.17, 15) is 4.79 Å². The predicted octanol–water partition coefficient (Wildman–Crippen LogP) is 3.21. The van der Waals surface area contributed by atoms with Crippen molar-refractivity contribution in [1.82, 2.24) is 5.32 Å². The van der Waals surface area contributed by atoms with Gasteiger partial charge in [-0.3, -0.25) is 4.79 Å².